The maximum atomic E-state index is 12.2. The van der Waals surface area contributed by atoms with Gasteiger partial charge in [-0.2, -0.15) is 0 Å². The Morgan fingerprint density at radius 2 is 1.67 bits per heavy atom. The monoisotopic (exact) mass is 408 g/mol. The first-order valence-electron chi connectivity index (χ1n) is 9.38. The van der Waals surface area contributed by atoms with E-state index < -0.39 is 24.0 Å². The molecule has 0 bridgehead atoms. The van der Waals surface area contributed by atoms with E-state index in [4.69, 9.17) is 9.47 Å². The minimum Gasteiger partial charge on any atom is -0.494 e. The van der Waals surface area contributed by atoms with Crippen molar-refractivity contribution in [1.82, 2.24) is 10.3 Å². The Balaban J connectivity index is 1.37. The molecule has 1 aliphatic rings. The number of hydrogen-bond acceptors (Lipinski definition) is 6. The summed E-state index contributed by atoms with van der Waals surface area (Å²) >= 11 is 0. The topological polar surface area (TPSA) is 121 Å². The van der Waals surface area contributed by atoms with E-state index in [2.05, 4.69) is 10.3 Å². The van der Waals surface area contributed by atoms with Crippen LogP contribution in [0.15, 0.2) is 54.6 Å². The van der Waals surface area contributed by atoms with Crippen molar-refractivity contribution >= 4 is 12.1 Å². The second-order valence-corrected chi connectivity index (χ2v) is 6.98. The van der Waals surface area contributed by atoms with Gasteiger partial charge in [-0.05, 0) is 29.2 Å². The summed E-state index contributed by atoms with van der Waals surface area (Å²) in [6.07, 6.45) is -0.762. The van der Waals surface area contributed by atoms with E-state index in [9.17, 15) is 19.8 Å². The summed E-state index contributed by atoms with van der Waals surface area (Å²) in [4.78, 5) is 26.5. The van der Waals surface area contributed by atoms with Gasteiger partial charge in [-0.25, -0.2) is 9.59 Å². The van der Waals surface area contributed by atoms with Crippen molar-refractivity contribution in [2.45, 2.75) is 18.9 Å². The number of aromatic amines is 1. The average Bonchev–Trinajstić information content (AvgIpc) is 3.22. The normalized spacial score (nSPS) is 13.2. The van der Waals surface area contributed by atoms with Crippen molar-refractivity contribution in [3.05, 3.63) is 65.7 Å². The number of benzene rings is 2. The lowest BCUT2D eigenvalue weighted by molar-refractivity contribution is -0.136. The fourth-order valence-electron chi connectivity index (χ4n) is 3.56. The molecule has 1 aromatic heterocycles. The number of fused-ring (bicyclic) bond motifs is 3. The van der Waals surface area contributed by atoms with Crippen molar-refractivity contribution in [3.8, 4) is 28.6 Å². The summed E-state index contributed by atoms with van der Waals surface area (Å²) < 4.78 is 10.3. The number of esters is 1. The van der Waals surface area contributed by atoms with Gasteiger partial charge >= 0.3 is 12.1 Å². The van der Waals surface area contributed by atoms with Crippen molar-refractivity contribution in [2.75, 3.05) is 6.61 Å². The molecule has 1 atom stereocenters. The van der Waals surface area contributed by atoms with E-state index >= 15 is 0 Å². The molecule has 4 rings (SSSR count). The predicted molar refractivity (Wildman–Crippen MR) is 107 cm³/mol. The zero-order valence-corrected chi connectivity index (χ0v) is 16.1. The summed E-state index contributed by atoms with van der Waals surface area (Å²) in [6.45, 7) is 1.54. The van der Waals surface area contributed by atoms with Crippen LogP contribution in [0.2, 0.25) is 0 Å². The highest BCUT2D eigenvalue weighted by atomic mass is 16.6. The second-order valence-electron chi connectivity index (χ2n) is 6.98. The Kier molecular flexibility index (Phi) is 5.05. The third kappa shape index (κ3) is 3.67. The quantitative estimate of drug-likeness (QED) is 0.481. The highest BCUT2D eigenvalue weighted by molar-refractivity contribution is 5.83. The van der Waals surface area contributed by atoms with Gasteiger partial charge in [0.25, 0.3) is 0 Å². The second kappa shape index (κ2) is 7.82. The number of rotatable bonds is 5. The molecule has 1 unspecified atom stereocenters. The van der Waals surface area contributed by atoms with Gasteiger partial charge in [0.15, 0.2) is 11.6 Å². The number of carbonyl (C=O) groups is 2. The zero-order valence-electron chi connectivity index (χ0n) is 16.1. The molecule has 1 amide bonds. The molecule has 0 fully saturated rings. The number of aromatic hydroxyl groups is 2. The van der Waals surface area contributed by atoms with Crippen molar-refractivity contribution in [3.63, 3.8) is 0 Å². The highest BCUT2D eigenvalue weighted by Gasteiger charge is 2.29. The molecule has 0 saturated heterocycles. The van der Waals surface area contributed by atoms with E-state index in [1.165, 1.54) is 6.92 Å². The standard InChI is InChI=1S/C22H20N2O6/c1-12(21(27)30-18-10-19(25)24-20(18)26)23-22(28)29-11-17-15-8-4-2-6-13(15)14-7-3-5-9-16(14)17/h2-10,12,17,24-26H,11H2,1H3,(H,23,28). The van der Waals surface area contributed by atoms with Gasteiger partial charge in [-0.15, -0.1) is 0 Å². The van der Waals surface area contributed by atoms with E-state index in [0.717, 1.165) is 28.3 Å². The summed E-state index contributed by atoms with van der Waals surface area (Å²) in [7, 11) is 0. The molecule has 4 N–H and O–H groups in total. The van der Waals surface area contributed by atoms with E-state index in [1.807, 2.05) is 48.5 Å². The molecule has 8 heteroatoms. The van der Waals surface area contributed by atoms with Crippen molar-refractivity contribution in [1.29, 1.82) is 0 Å². The number of amides is 1. The molecule has 0 aliphatic heterocycles. The molecule has 30 heavy (non-hydrogen) atoms. The third-order valence-corrected chi connectivity index (χ3v) is 4.99. The maximum absolute atomic E-state index is 12.2. The van der Waals surface area contributed by atoms with Crippen LogP contribution < -0.4 is 10.1 Å². The molecule has 3 aromatic rings. The first-order chi connectivity index (χ1) is 14.4. The number of ether oxygens (including phenoxy) is 2. The lowest BCUT2D eigenvalue weighted by Crippen LogP contribution is -2.41. The fourth-order valence-corrected chi connectivity index (χ4v) is 3.56. The largest absolute Gasteiger partial charge is 0.494 e. The molecule has 0 saturated carbocycles. The third-order valence-electron chi connectivity index (χ3n) is 4.99. The van der Waals surface area contributed by atoms with E-state index in [0.29, 0.717) is 0 Å². The molecule has 0 radical (unpaired) electrons. The van der Waals surface area contributed by atoms with Crippen molar-refractivity contribution < 1.29 is 29.3 Å². The van der Waals surface area contributed by atoms with Crippen LogP contribution in [0.1, 0.15) is 24.0 Å². The average molecular weight is 408 g/mol. The van der Waals surface area contributed by atoms with Gasteiger partial charge in [0.1, 0.15) is 12.6 Å². The molecular formula is C22H20N2O6. The predicted octanol–water partition coefficient (Wildman–Crippen LogP) is 3.26. The number of hydrogen-bond donors (Lipinski definition) is 4. The Hall–Kier alpha value is -3.94. The first-order valence-corrected chi connectivity index (χ1v) is 9.38. The van der Waals surface area contributed by atoms with Gasteiger partial charge in [0.05, 0.1) is 0 Å². The van der Waals surface area contributed by atoms with Gasteiger partial charge in [-0.1, -0.05) is 48.5 Å². The summed E-state index contributed by atoms with van der Waals surface area (Å²) in [6, 6.07) is 16.0. The smallest absolute Gasteiger partial charge is 0.407 e. The maximum Gasteiger partial charge on any atom is 0.407 e. The Labute approximate surface area is 172 Å². The Bertz CT molecular complexity index is 1060. The van der Waals surface area contributed by atoms with Crippen LogP contribution >= 0.6 is 0 Å². The number of alkyl carbamates (subject to hydrolysis) is 1. The van der Waals surface area contributed by atoms with Gasteiger partial charge in [-0.3, -0.25) is 4.98 Å². The molecule has 8 nitrogen and oxygen atoms in total. The number of carbonyl (C=O) groups excluding carboxylic acids is 2. The molecule has 1 aliphatic carbocycles. The highest BCUT2D eigenvalue weighted by Crippen LogP contribution is 2.44. The molecular weight excluding hydrogens is 388 g/mol. The Morgan fingerprint density at radius 1 is 1.07 bits per heavy atom. The van der Waals surface area contributed by atoms with Gasteiger partial charge in [0, 0.05) is 12.0 Å². The van der Waals surface area contributed by atoms with Gasteiger partial charge < -0.3 is 25.0 Å². The van der Waals surface area contributed by atoms with Crippen LogP contribution in [0.3, 0.4) is 0 Å². The van der Waals surface area contributed by atoms with Crippen LogP contribution in [-0.4, -0.2) is 39.9 Å². The lowest BCUT2D eigenvalue weighted by Gasteiger charge is -2.16. The summed E-state index contributed by atoms with van der Waals surface area (Å²) in [5, 5.41) is 21.2. The van der Waals surface area contributed by atoms with Crippen LogP contribution in [0.4, 0.5) is 4.79 Å². The summed E-state index contributed by atoms with van der Waals surface area (Å²) in [5.41, 5.74) is 4.41. The number of H-pyrrole nitrogens is 1. The molecule has 2 aromatic carbocycles. The van der Waals surface area contributed by atoms with Crippen molar-refractivity contribution in [2.24, 2.45) is 0 Å². The van der Waals surface area contributed by atoms with Gasteiger partial charge in [0.2, 0.25) is 5.88 Å². The molecule has 0 spiro atoms. The van der Waals surface area contributed by atoms with E-state index in [-0.39, 0.29) is 24.2 Å². The minimum absolute atomic E-state index is 0.0924. The minimum atomic E-state index is -1.03. The number of nitrogens with one attached hydrogen (secondary N) is 2. The molecule has 154 valence electrons. The zero-order chi connectivity index (χ0) is 21.3. The SMILES string of the molecule is CC(NC(=O)OCC1c2ccccc2-c2ccccc21)C(=O)Oc1cc(O)[nH]c1O. The number of aromatic nitrogens is 1. The van der Waals surface area contributed by atoms with Crippen LogP contribution in [-0.2, 0) is 9.53 Å². The van der Waals surface area contributed by atoms with E-state index in [1.54, 1.807) is 0 Å². The Morgan fingerprint density at radius 3 is 2.23 bits per heavy atom. The van der Waals surface area contributed by atoms with Crippen LogP contribution in [0.5, 0.6) is 17.5 Å². The summed E-state index contributed by atoms with van der Waals surface area (Å²) in [5.74, 6) is -2.00. The van der Waals surface area contributed by atoms with Crippen LogP contribution in [0, 0.1) is 0 Å². The fraction of sp³-hybridized carbons (Fsp3) is 0.182. The first kappa shape index (κ1) is 19.4. The molecule has 1 heterocycles. The lowest BCUT2D eigenvalue weighted by atomic mass is 9.98. The van der Waals surface area contributed by atoms with Crippen LogP contribution in [0.25, 0.3) is 11.1 Å².